The van der Waals surface area contributed by atoms with Crippen molar-refractivity contribution in [3.8, 4) is 0 Å². The lowest BCUT2D eigenvalue weighted by molar-refractivity contribution is -0.115. The van der Waals surface area contributed by atoms with Crippen LogP contribution in [0.25, 0.3) is 0 Å². The Balaban J connectivity index is 0.000000396. The fourth-order valence-corrected chi connectivity index (χ4v) is 3.80. The van der Waals surface area contributed by atoms with Gasteiger partial charge in [-0.25, -0.2) is 13.3 Å². The molecule has 0 bridgehead atoms. The first-order valence-electron chi connectivity index (χ1n) is 11.0. The van der Waals surface area contributed by atoms with Crippen LogP contribution in [-0.2, 0) is 15.8 Å². The maximum atomic E-state index is 12.8. The normalized spacial score (nSPS) is 13.2. The maximum Gasteiger partial charge on any atom is 0.251 e. The largest absolute Gasteiger partial charge is 0.343 e. The molecule has 1 aliphatic rings. The number of nitrogens with one attached hydrogen (secondary N) is 3. The van der Waals surface area contributed by atoms with E-state index in [9.17, 15) is 18.2 Å². The summed E-state index contributed by atoms with van der Waals surface area (Å²) in [7, 11) is -1.26. The average Bonchev–Trinajstić information content (AvgIpc) is 3.67. The lowest BCUT2D eigenvalue weighted by Gasteiger charge is -2.08. The van der Waals surface area contributed by atoms with Gasteiger partial charge in [0.25, 0.3) is 5.91 Å². The summed E-state index contributed by atoms with van der Waals surface area (Å²) < 4.78 is 27.9. The minimum Gasteiger partial charge on any atom is -0.343 e. The summed E-state index contributed by atoms with van der Waals surface area (Å²) in [6.45, 7) is 2.62. The summed E-state index contributed by atoms with van der Waals surface area (Å²) in [5.74, 6) is -0.655. The number of halogens is 1. The molecular weight excluding hydrogens is 453 g/mol. The van der Waals surface area contributed by atoms with Gasteiger partial charge in [-0.1, -0.05) is 35.9 Å². The van der Waals surface area contributed by atoms with Crippen LogP contribution in [0.3, 0.4) is 0 Å². The monoisotopic (exact) mass is 481 g/mol. The summed E-state index contributed by atoms with van der Waals surface area (Å²) in [5, 5.41) is 5.12. The number of rotatable bonds is 8. The smallest absolute Gasteiger partial charge is 0.251 e. The van der Waals surface area contributed by atoms with Gasteiger partial charge in [-0.3, -0.25) is 9.59 Å². The van der Waals surface area contributed by atoms with Crippen molar-refractivity contribution in [2.45, 2.75) is 24.7 Å². The van der Waals surface area contributed by atoms with Crippen LogP contribution in [0.5, 0.6) is 0 Å². The van der Waals surface area contributed by atoms with Crippen molar-refractivity contribution >= 4 is 28.5 Å². The highest BCUT2D eigenvalue weighted by Gasteiger charge is 2.21. The lowest BCUT2D eigenvalue weighted by atomic mass is 10.2. The predicted octanol–water partition coefficient (Wildman–Crippen LogP) is 4.21. The van der Waals surface area contributed by atoms with Gasteiger partial charge >= 0.3 is 0 Å². The predicted molar refractivity (Wildman–Crippen MR) is 132 cm³/mol. The number of hydrogen-bond acceptors (Lipinski definition) is 3. The molecule has 0 saturated heterocycles. The van der Waals surface area contributed by atoms with Crippen LogP contribution >= 0.6 is 0 Å². The zero-order valence-corrected chi connectivity index (χ0v) is 19.7. The number of carbonyl (C=O) groups excluding carboxylic acids is 2. The summed E-state index contributed by atoms with van der Waals surface area (Å²) in [4.78, 5) is 24.5. The van der Waals surface area contributed by atoms with Gasteiger partial charge < -0.3 is 10.6 Å². The molecule has 2 amide bonds. The Kier molecular flexibility index (Phi) is 9.49. The molecule has 8 heteroatoms. The van der Waals surface area contributed by atoms with Crippen LogP contribution in [0.15, 0.2) is 83.8 Å². The van der Waals surface area contributed by atoms with Crippen molar-refractivity contribution in [1.29, 1.82) is 0 Å². The van der Waals surface area contributed by atoms with E-state index >= 15 is 0 Å². The Morgan fingerprint density at radius 1 is 0.941 bits per heavy atom. The number of amides is 2. The van der Waals surface area contributed by atoms with Gasteiger partial charge in [0.05, 0.1) is 11.4 Å². The van der Waals surface area contributed by atoms with Gasteiger partial charge in [0.2, 0.25) is 5.91 Å². The molecule has 34 heavy (non-hydrogen) atoms. The molecule has 4 rings (SSSR count). The summed E-state index contributed by atoms with van der Waals surface area (Å²) in [5.41, 5.74) is 2.14. The highest BCUT2D eigenvalue weighted by Crippen LogP contribution is 2.27. The van der Waals surface area contributed by atoms with Crippen LogP contribution in [0, 0.1) is 18.7 Å². The van der Waals surface area contributed by atoms with E-state index in [0.717, 1.165) is 6.54 Å². The third kappa shape index (κ3) is 8.88. The van der Waals surface area contributed by atoms with E-state index in [4.69, 9.17) is 0 Å². The number of anilines is 1. The summed E-state index contributed by atoms with van der Waals surface area (Å²) in [6, 6.07) is 22.0. The van der Waals surface area contributed by atoms with E-state index in [1.807, 2.05) is 18.2 Å². The highest BCUT2D eigenvalue weighted by molar-refractivity contribution is 7.83. The maximum absolute atomic E-state index is 12.8. The Morgan fingerprint density at radius 3 is 2.15 bits per heavy atom. The quantitative estimate of drug-likeness (QED) is 0.450. The van der Waals surface area contributed by atoms with E-state index in [-0.39, 0.29) is 12.1 Å². The first-order valence-corrected chi connectivity index (χ1v) is 12.2. The van der Waals surface area contributed by atoms with E-state index in [0.29, 0.717) is 16.5 Å². The number of benzene rings is 3. The van der Waals surface area contributed by atoms with Gasteiger partial charge in [-0.15, -0.1) is 0 Å². The third-order valence-electron chi connectivity index (χ3n) is 5.01. The summed E-state index contributed by atoms with van der Waals surface area (Å²) in [6.07, 6.45) is 2.37. The Hall–Kier alpha value is -3.36. The molecular formula is C26H28FN3O3S. The Labute approximate surface area is 201 Å². The van der Waals surface area contributed by atoms with E-state index < -0.39 is 28.6 Å². The van der Waals surface area contributed by atoms with Crippen LogP contribution in [0.4, 0.5) is 10.1 Å². The molecule has 1 unspecified atom stereocenters. The van der Waals surface area contributed by atoms with Crippen LogP contribution in [0.2, 0.25) is 0 Å². The Morgan fingerprint density at radius 2 is 1.59 bits per heavy atom. The van der Waals surface area contributed by atoms with Crippen molar-refractivity contribution in [2.24, 2.45) is 5.92 Å². The van der Waals surface area contributed by atoms with Crippen molar-refractivity contribution in [2.75, 3.05) is 18.4 Å². The van der Waals surface area contributed by atoms with E-state index in [2.05, 4.69) is 34.4 Å². The van der Waals surface area contributed by atoms with Crippen molar-refractivity contribution < 1.29 is 18.2 Å². The molecule has 0 radical (unpaired) electrons. The van der Waals surface area contributed by atoms with Crippen LogP contribution in [0.1, 0.15) is 28.8 Å². The van der Waals surface area contributed by atoms with Crippen molar-refractivity contribution in [3.05, 3.63) is 95.8 Å². The fourth-order valence-electron chi connectivity index (χ4n) is 2.86. The molecule has 1 atom stereocenters. The summed E-state index contributed by atoms with van der Waals surface area (Å²) >= 11 is 0. The van der Waals surface area contributed by atoms with Crippen LogP contribution < -0.4 is 15.4 Å². The second-order valence-corrected chi connectivity index (χ2v) is 9.27. The molecule has 6 nitrogen and oxygen atoms in total. The SMILES string of the molecule is Cc1ccccc1.O=C(CNC(=O)c1ccc(F)cc1)Nc1ccc(S(=O)NCC2CC2)cc1. The minimum absolute atomic E-state index is 0.215. The zero-order valence-electron chi connectivity index (χ0n) is 18.9. The fraction of sp³-hybridized carbons (Fsp3) is 0.231. The van der Waals surface area contributed by atoms with Crippen LogP contribution in [-0.4, -0.2) is 29.1 Å². The molecule has 0 heterocycles. The average molecular weight is 482 g/mol. The molecule has 1 fully saturated rings. The van der Waals surface area contributed by atoms with Gasteiger partial charge in [0.1, 0.15) is 16.8 Å². The van der Waals surface area contributed by atoms with Gasteiger partial charge in [0, 0.05) is 17.8 Å². The lowest BCUT2D eigenvalue weighted by Crippen LogP contribution is -2.32. The number of hydrogen-bond donors (Lipinski definition) is 3. The minimum atomic E-state index is -1.26. The van der Waals surface area contributed by atoms with E-state index in [1.165, 1.54) is 42.7 Å². The topological polar surface area (TPSA) is 87.3 Å². The molecule has 3 N–H and O–H groups in total. The molecule has 3 aromatic rings. The molecule has 3 aromatic carbocycles. The van der Waals surface area contributed by atoms with Gasteiger partial charge in [-0.05, 0) is 74.2 Å². The Bertz CT molecular complexity index is 1100. The highest BCUT2D eigenvalue weighted by atomic mass is 32.2. The number of carbonyl (C=O) groups is 2. The zero-order chi connectivity index (χ0) is 24.3. The standard InChI is InChI=1S/C19H20FN3O3S.C7H8/c20-15-5-3-14(4-6-15)19(25)21-12-18(24)23-16-7-9-17(10-8-16)27(26)22-11-13-1-2-13;1-7-5-3-2-4-6-7/h3-10,13,22H,1-2,11-12H2,(H,21,25)(H,23,24);2-6H,1H3. The van der Waals surface area contributed by atoms with Gasteiger partial charge in [-0.2, -0.15) is 0 Å². The molecule has 0 aromatic heterocycles. The first-order chi connectivity index (χ1) is 16.4. The van der Waals surface area contributed by atoms with Crippen molar-refractivity contribution in [1.82, 2.24) is 10.0 Å². The second-order valence-electron chi connectivity index (χ2n) is 7.98. The second kappa shape index (κ2) is 12.8. The molecule has 178 valence electrons. The molecule has 1 saturated carbocycles. The molecule has 0 aliphatic heterocycles. The van der Waals surface area contributed by atoms with Crippen molar-refractivity contribution in [3.63, 3.8) is 0 Å². The molecule has 0 spiro atoms. The van der Waals surface area contributed by atoms with E-state index in [1.54, 1.807) is 24.3 Å². The first kappa shape index (κ1) is 25.3. The number of aryl methyl sites for hydroxylation is 1. The molecule has 1 aliphatic carbocycles. The third-order valence-corrected chi connectivity index (χ3v) is 6.14. The van der Waals surface area contributed by atoms with Gasteiger partial charge in [0.15, 0.2) is 0 Å².